The predicted octanol–water partition coefficient (Wildman–Crippen LogP) is 4.05. The molecule has 3 rings (SSSR count). The number of rotatable bonds is 7. The van der Waals surface area contributed by atoms with Gasteiger partial charge in [-0.25, -0.2) is 4.79 Å². The maximum Gasteiger partial charge on any atom is 0.317 e. The van der Waals surface area contributed by atoms with E-state index in [2.05, 4.69) is 22.3 Å². The quantitative estimate of drug-likeness (QED) is 0.784. The van der Waals surface area contributed by atoms with Crippen molar-refractivity contribution < 1.29 is 9.53 Å². The summed E-state index contributed by atoms with van der Waals surface area (Å²) < 4.78 is 5.29. The molecule has 1 unspecified atom stereocenters. The molecule has 27 heavy (non-hydrogen) atoms. The van der Waals surface area contributed by atoms with Crippen molar-refractivity contribution in [3.05, 3.63) is 29.8 Å². The standard InChI is InChI=1S/C22H35N3O2/c1-24(17-18-8-4-3-5-9-18)22(26)23-16-21(25-14-6-7-15-25)19-10-12-20(27-2)13-11-19/h10-13,18,21H,3-9,14-17H2,1-2H3,(H,23,26). The average molecular weight is 374 g/mol. The van der Waals surface area contributed by atoms with Crippen LogP contribution in [-0.4, -0.2) is 56.2 Å². The third-order valence-corrected chi connectivity index (χ3v) is 6.13. The zero-order chi connectivity index (χ0) is 19.1. The molecule has 0 bridgehead atoms. The normalized spacial score (nSPS) is 19.6. The number of urea groups is 1. The Kier molecular flexibility index (Phi) is 7.39. The highest BCUT2D eigenvalue weighted by Gasteiger charge is 2.25. The minimum absolute atomic E-state index is 0.0540. The molecule has 1 N–H and O–H groups in total. The van der Waals surface area contributed by atoms with Crippen molar-refractivity contribution in [3.63, 3.8) is 0 Å². The summed E-state index contributed by atoms with van der Waals surface area (Å²) in [5, 5.41) is 3.19. The van der Waals surface area contributed by atoms with Gasteiger partial charge in [-0.15, -0.1) is 0 Å². The van der Waals surface area contributed by atoms with Crippen LogP contribution in [0.3, 0.4) is 0 Å². The molecule has 1 saturated heterocycles. The number of nitrogens with zero attached hydrogens (tertiary/aromatic N) is 2. The lowest BCUT2D eigenvalue weighted by molar-refractivity contribution is 0.184. The first kappa shape index (κ1) is 20.0. The summed E-state index contributed by atoms with van der Waals surface area (Å²) in [6.45, 7) is 3.73. The Balaban J connectivity index is 1.57. The van der Waals surface area contributed by atoms with Gasteiger partial charge >= 0.3 is 6.03 Å². The highest BCUT2D eigenvalue weighted by atomic mass is 16.5. The SMILES string of the molecule is COc1ccc(C(CNC(=O)N(C)CC2CCCCC2)N2CCCC2)cc1. The summed E-state index contributed by atoms with van der Waals surface area (Å²) in [7, 11) is 3.62. The Hall–Kier alpha value is -1.75. The van der Waals surface area contributed by atoms with E-state index in [1.54, 1.807) is 7.11 Å². The number of ether oxygens (including phenoxy) is 1. The molecule has 0 aromatic heterocycles. The summed E-state index contributed by atoms with van der Waals surface area (Å²) in [6.07, 6.45) is 8.99. The predicted molar refractivity (Wildman–Crippen MR) is 109 cm³/mol. The van der Waals surface area contributed by atoms with Crippen LogP contribution < -0.4 is 10.1 Å². The molecular weight excluding hydrogens is 338 g/mol. The van der Waals surface area contributed by atoms with Crippen molar-refractivity contribution >= 4 is 6.03 Å². The number of nitrogens with one attached hydrogen (secondary N) is 1. The van der Waals surface area contributed by atoms with Gasteiger partial charge < -0.3 is 15.0 Å². The first-order valence-corrected chi connectivity index (χ1v) is 10.5. The Morgan fingerprint density at radius 1 is 1.15 bits per heavy atom. The number of hydrogen-bond donors (Lipinski definition) is 1. The van der Waals surface area contributed by atoms with Crippen LogP contribution in [0.25, 0.3) is 0 Å². The van der Waals surface area contributed by atoms with Crippen LogP contribution in [0.5, 0.6) is 5.75 Å². The summed E-state index contributed by atoms with van der Waals surface area (Å²) in [4.78, 5) is 17.0. The number of benzene rings is 1. The van der Waals surface area contributed by atoms with Gasteiger partial charge in [0.25, 0.3) is 0 Å². The Morgan fingerprint density at radius 2 is 1.81 bits per heavy atom. The van der Waals surface area contributed by atoms with Gasteiger partial charge in [0, 0.05) is 20.1 Å². The van der Waals surface area contributed by atoms with Gasteiger partial charge in [0.15, 0.2) is 0 Å². The molecule has 5 nitrogen and oxygen atoms in total. The maximum absolute atomic E-state index is 12.6. The van der Waals surface area contributed by atoms with Crippen LogP contribution in [0.4, 0.5) is 4.79 Å². The van der Waals surface area contributed by atoms with Crippen molar-refractivity contribution in [2.75, 3.05) is 40.3 Å². The van der Waals surface area contributed by atoms with Crippen molar-refractivity contribution in [1.82, 2.24) is 15.1 Å². The van der Waals surface area contributed by atoms with Crippen LogP contribution in [0.1, 0.15) is 56.6 Å². The molecule has 1 atom stereocenters. The fourth-order valence-corrected chi connectivity index (χ4v) is 4.50. The average Bonchev–Trinajstić information content (AvgIpc) is 3.23. The van der Waals surface area contributed by atoms with Gasteiger partial charge in [-0.1, -0.05) is 31.4 Å². The first-order valence-electron chi connectivity index (χ1n) is 10.5. The van der Waals surface area contributed by atoms with E-state index in [-0.39, 0.29) is 12.1 Å². The van der Waals surface area contributed by atoms with E-state index in [1.165, 1.54) is 50.5 Å². The molecule has 1 saturated carbocycles. The zero-order valence-corrected chi connectivity index (χ0v) is 17.0. The van der Waals surface area contributed by atoms with E-state index >= 15 is 0 Å². The number of methoxy groups -OCH3 is 1. The fourth-order valence-electron chi connectivity index (χ4n) is 4.50. The number of carbonyl (C=O) groups excluding carboxylic acids is 1. The first-order chi connectivity index (χ1) is 13.2. The van der Waals surface area contributed by atoms with Crippen molar-refractivity contribution in [3.8, 4) is 5.75 Å². The van der Waals surface area contributed by atoms with Gasteiger partial charge in [-0.05, 0) is 62.4 Å². The molecule has 1 aromatic carbocycles. The molecular formula is C22H35N3O2. The summed E-state index contributed by atoms with van der Waals surface area (Å²) in [5.74, 6) is 1.54. The Labute approximate surface area is 164 Å². The molecule has 1 aliphatic carbocycles. The Morgan fingerprint density at radius 3 is 2.44 bits per heavy atom. The van der Waals surface area contributed by atoms with Crippen LogP contribution in [0.15, 0.2) is 24.3 Å². The van der Waals surface area contributed by atoms with Crippen LogP contribution in [0, 0.1) is 5.92 Å². The lowest BCUT2D eigenvalue weighted by Gasteiger charge is -2.30. The summed E-state index contributed by atoms with van der Waals surface area (Å²) in [5.41, 5.74) is 1.24. The lowest BCUT2D eigenvalue weighted by Crippen LogP contribution is -2.44. The Bertz CT molecular complexity index is 578. The number of carbonyl (C=O) groups is 1. The van der Waals surface area contributed by atoms with Gasteiger partial charge in [0.05, 0.1) is 13.2 Å². The molecule has 2 amide bonds. The second-order valence-corrected chi connectivity index (χ2v) is 8.10. The van der Waals surface area contributed by atoms with E-state index in [0.29, 0.717) is 12.5 Å². The van der Waals surface area contributed by atoms with Gasteiger partial charge in [-0.2, -0.15) is 0 Å². The highest BCUT2D eigenvalue weighted by molar-refractivity contribution is 5.73. The second kappa shape index (κ2) is 9.98. The minimum Gasteiger partial charge on any atom is -0.497 e. The van der Waals surface area contributed by atoms with Gasteiger partial charge in [-0.3, -0.25) is 4.90 Å². The van der Waals surface area contributed by atoms with Crippen LogP contribution in [-0.2, 0) is 0 Å². The van der Waals surface area contributed by atoms with Crippen LogP contribution in [0.2, 0.25) is 0 Å². The third kappa shape index (κ3) is 5.61. The van der Waals surface area contributed by atoms with E-state index in [4.69, 9.17) is 4.74 Å². The molecule has 2 fully saturated rings. The molecule has 1 aliphatic heterocycles. The second-order valence-electron chi connectivity index (χ2n) is 8.10. The van der Waals surface area contributed by atoms with Crippen LogP contribution >= 0.6 is 0 Å². The number of likely N-dealkylation sites (tertiary alicyclic amines) is 1. The van der Waals surface area contributed by atoms with E-state index in [1.807, 2.05) is 24.1 Å². The molecule has 5 heteroatoms. The largest absolute Gasteiger partial charge is 0.497 e. The molecule has 1 aromatic rings. The molecule has 1 heterocycles. The number of hydrogen-bond acceptors (Lipinski definition) is 3. The topological polar surface area (TPSA) is 44.8 Å². The minimum atomic E-state index is 0.0540. The summed E-state index contributed by atoms with van der Waals surface area (Å²) >= 11 is 0. The fraction of sp³-hybridized carbons (Fsp3) is 0.682. The molecule has 0 radical (unpaired) electrons. The van der Waals surface area contributed by atoms with Crippen molar-refractivity contribution in [2.45, 2.75) is 51.0 Å². The highest BCUT2D eigenvalue weighted by Crippen LogP contribution is 2.27. The maximum atomic E-state index is 12.6. The number of amides is 2. The van der Waals surface area contributed by atoms with E-state index in [9.17, 15) is 4.79 Å². The summed E-state index contributed by atoms with van der Waals surface area (Å²) in [6, 6.07) is 8.55. The van der Waals surface area contributed by atoms with Crippen molar-refractivity contribution in [2.24, 2.45) is 5.92 Å². The smallest absolute Gasteiger partial charge is 0.317 e. The lowest BCUT2D eigenvalue weighted by atomic mass is 9.89. The van der Waals surface area contributed by atoms with E-state index < -0.39 is 0 Å². The third-order valence-electron chi connectivity index (χ3n) is 6.13. The molecule has 0 spiro atoms. The monoisotopic (exact) mass is 373 g/mol. The van der Waals surface area contributed by atoms with E-state index in [0.717, 1.165) is 25.4 Å². The molecule has 150 valence electrons. The van der Waals surface area contributed by atoms with Crippen molar-refractivity contribution in [1.29, 1.82) is 0 Å². The zero-order valence-electron chi connectivity index (χ0n) is 17.0. The van der Waals surface area contributed by atoms with Gasteiger partial charge in [0.2, 0.25) is 0 Å². The molecule has 2 aliphatic rings. The van der Waals surface area contributed by atoms with Gasteiger partial charge in [0.1, 0.15) is 5.75 Å².